The minimum absolute atomic E-state index is 0.924. The monoisotopic (exact) mass is 524 g/mol. The Hall–Kier alpha value is -5.48. The molecular weight excluding hydrogens is 500 g/mol. The fourth-order valence-electron chi connectivity index (χ4n) is 5.84. The van der Waals surface area contributed by atoms with Gasteiger partial charge in [0.2, 0.25) is 0 Å². The van der Waals surface area contributed by atoms with Crippen LogP contribution in [0.4, 0.5) is 0 Å². The number of hydrogen-bond donors (Lipinski definition) is 0. The second-order valence-electron chi connectivity index (χ2n) is 10.4. The normalized spacial score (nSPS) is 11.5. The molecule has 8 aromatic rings. The van der Waals surface area contributed by atoms with Crippen LogP contribution in [0, 0.1) is 6.92 Å². The molecule has 4 nitrogen and oxygen atoms in total. The van der Waals surface area contributed by atoms with Crippen LogP contribution in [0.5, 0.6) is 0 Å². The molecule has 41 heavy (non-hydrogen) atoms. The number of aryl methyl sites for hydroxylation is 1. The van der Waals surface area contributed by atoms with Crippen LogP contribution in [-0.2, 0) is 0 Å². The third-order valence-electron chi connectivity index (χ3n) is 7.91. The van der Waals surface area contributed by atoms with Gasteiger partial charge in [-0.1, -0.05) is 66.7 Å². The Labute approximate surface area is 237 Å². The maximum atomic E-state index is 5.10. The second kappa shape index (κ2) is 9.32. The summed E-state index contributed by atoms with van der Waals surface area (Å²) in [5, 5.41) is 4.42. The molecule has 0 atom stereocenters. The summed E-state index contributed by atoms with van der Waals surface area (Å²) in [4.78, 5) is 19.1. The molecular formula is C37H24N4. The molecule has 0 spiro atoms. The van der Waals surface area contributed by atoms with Crippen molar-refractivity contribution < 1.29 is 0 Å². The molecule has 4 aromatic carbocycles. The summed E-state index contributed by atoms with van der Waals surface area (Å²) in [6.07, 6.45) is 5.53. The Morgan fingerprint density at radius 1 is 0.439 bits per heavy atom. The molecule has 0 radical (unpaired) electrons. The Balaban J connectivity index is 1.24. The first-order valence-corrected chi connectivity index (χ1v) is 13.7. The quantitative estimate of drug-likeness (QED) is 0.216. The summed E-state index contributed by atoms with van der Waals surface area (Å²) < 4.78 is 0. The van der Waals surface area contributed by atoms with E-state index in [1.54, 1.807) is 0 Å². The lowest BCUT2D eigenvalue weighted by molar-refractivity contribution is 1.35. The van der Waals surface area contributed by atoms with Crippen LogP contribution in [0.1, 0.15) is 5.56 Å². The third-order valence-corrected chi connectivity index (χ3v) is 7.91. The largest absolute Gasteiger partial charge is 0.254 e. The number of nitrogens with zero attached hydrogens (tertiary/aromatic N) is 4. The highest BCUT2D eigenvalue weighted by Crippen LogP contribution is 2.36. The maximum Gasteiger partial charge on any atom is 0.0972 e. The van der Waals surface area contributed by atoms with Gasteiger partial charge in [0, 0.05) is 45.7 Å². The van der Waals surface area contributed by atoms with Gasteiger partial charge in [0.05, 0.1) is 27.8 Å². The maximum absolute atomic E-state index is 5.10. The van der Waals surface area contributed by atoms with Gasteiger partial charge in [-0.3, -0.25) is 15.0 Å². The van der Waals surface area contributed by atoms with Crippen LogP contribution in [0.2, 0.25) is 0 Å². The summed E-state index contributed by atoms with van der Waals surface area (Å²) >= 11 is 0. The Morgan fingerprint density at radius 2 is 1.12 bits per heavy atom. The molecule has 0 fully saturated rings. The first kappa shape index (κ1) is 23.4. The Morgan fingerprint density at radius 3 is 2.00 bits per heavy atom. The van der Waals surface area contributed by atoms with Gasteiger partial charge in [-0.15, -0.1) is 0 Å². The number of hydrogen-bond acceptors (Lipinski definition) is 4. The van der Waals surface area contributed by atoms with Crippen LogP contribution in [-0.4, -0.2) is 19.9 Å². The number of pyridine rings is 4. The molecule has 4 aromatic heterocycles. The zero-order valence-corrected chi connectivity index (χ0v) is 22.4. The summed E-state index contributed by atoms with van der Waals surface area (Å²) in [6, 6.07) is 38.3. The van der Waals surface area contributed by atoms with E-state index in [2.05, 4.69) is 108 Å². The molecule has 4 heterocycles. The average Bonchev–Trinajstić information content (AvgIpc) is 3.04. The lowest BCUT2D eigenvalue weighted by Crippen LogP contribution is -1.91. The van der Waals surface area contributed by atoms with Crippen LogP contribution in [0.25, 0.3) is 77.1 Å². The van der Waals surface area contributed by atoms with Gasteiger partial charge in [-0.05, 0) is 77.2 Å². The predicted octanol–water partition coefficient (Wildman–Crippen LogP) is 9.19. The van der Waals surface area contributed by atoms with Gasteiger partial charge >= 0.3 is 0 Å². The molecule has 0 aliphatic heterocycles. The molecule has 0 aliphatic rings. The summed E-state index contributed by atoms with van der Waals surface area (Å²) in [5.74, 6) is 0. The first-order chi connectivity index (χ1) is 20.2. The van der Waals surface area contributed by atoms with E-state index in [1.807, 2.05) is 36.8 Å². The number of benzene rings is 4. The van der Waals surface area contributed by atoms with Crippen LogP contribution >= 0.6 is 0 Å². The highest BCUT2D eigenvalue weighted by atomic mass is 14.8. The summed E-state index contributed by atoms with van der Waals surface area (Å²) in [6.45, 7) is 2.12. The number of fused-ring (bicyclic) bond motifs is 6. The molecule has 0 saturated heterocycles. The molecule has 0 amide bonds. The van der Waals surface area contributed by atoms with E-state index in [-0.39, 0.29) is 0 Å². The average molecular weight is 525 g/mol. The Kier molecular flexibility index (Phi) is 5.32. The predicted molar refractivity (Wildman–Crippen MR) is 169 cm³/mol. The number of aromatic nitrogens is 4. The molecule has 0 N–H and O–H groups in total. The van der Waals surface area contributed by atoms with Gasteiger partial charge in [0.15, 0.2) is 0 Å². The smallest absolute Gasteiger partial charge is 0.0972 e. The van der Waals surface area contributed by atoms with Crippen molar-refractivity contribution in [3.8, 4) is 33.5 Å². The van der Waals surface area contributed by atoms with Crippen molar-refractivity contribution in [2.75, 3.05) is 0 Å². The topological polar surface area (TPSA) is 51.6 Å². The van der Waals surface area contributed by atoms with E-state index >= 15 is 0 Å². The molecule has 192 valence electrons. The van der Waals surface area contributed by atoms with E-state index in [4.69, 9.17) is 9.97 Å². The van der Waals surface area contributed by atoms with E-state index in [0.29, 0.717) is 0 Å². The lowest BCUT2D eigenvalue weighted by atomic mass is 9.94. The van der Waals surface area contributed by atoms with Gasteiger partial charge in [-0.2, -0.15) is 0 Å². The first-order valence-electron chi connectivity index (χ1n) is 13.7. The van der Waals surface area contributed by atoms with Crippen molar-refractivity contribution in [1.82, 2.24) is 19.9 Å². The fraction of sp³-hybridized carbons (Fsp3) is 0.0270. The molecule has 0 unspecified atom stereocenters. The highest BCUT2D eigenvalue weighted by molar-refractivity contribution is 6.10. The van der Waals surface area contributed by atoms with E-state index < -0.39 is 0 Å². The highest BCUT2D eigenvalue weighted by Gasteiger charge is 2.12. The van der Waals surface area contributed by atoms with Gasteiger partial charge in [-0.25, -0.2) is 4.98 Å². The van der Waals surface area contributed by atoms with E-state index in [1.165, 1.54) is 5.56 Å². The Bertz CT molecular complexity index is 2290. The minimum Gasteiger partial charge on any atom is -0.254 e. The van der Waals surface area contributed by atoms with Gasteiger partial charge in [0.25, 0.3) is 0 Å². The van der Waals surface area contributed by atoms with Crippen LogP contribution < -0.4 is 0 Å². The molecule has 8 rings (SSSR count). The fourth-order valence-corrected chi connectivity index (χ4v) is 5.84. The SMILES string of the molecule is Cc1ccnc2c1ccc1ccc(-c3cccc(-c4cccc(-c5cc6cccnc6c6ncccc56)c4)c3)nc12. The number of rotatable bonds is 3. The van der Waals surface area contributed by atoms with Gasteiger partial charge < -0.3 is 0 Å². The van der Waals surface area contributed by atoms with E-state index in [0.717, 1.165) is 77.1 Å². The zero-order chi connectivity index (χ0) is 27.3. The molecule has 4 heteroatoms. The van der Waals surface area contributed by atoms with Crippen LogP contribution in [0.3, 0.4) is 0 Å². The van der Waals surface area contributed by atoms with Crippen LogP contribution in [0.15, 0.2) is 128 Å². The third kappa shape index (κ3) is 3.92. The zero-order valence-electron chi connectivity index (χ0n) is 22.4. The van der Waals surface area contributed by atoms with Crippen molar-refractivity contribution >= 4 is 43.6 Å². The molecule has 0 bridgehead atoms. The van der Waals surface area contributed by atoms with E-state index in [9.17, 15) is 0 Å². The van der Waals surface area contributed by atoms with Crippen molar-refractivity contribution in [2.45, 2.75) is 6.92 Å². The van der Waals surface area contributed by atoms with Crippen molar-refractivity contribution in [1.29, 1.82) is 0 Å². The standard InChI is InChI=1S/C37H24N4/c1-23-16-19-40-36-30(23)14-12-24-13-15-33(41-35(24)36)28-9-3-7-26(21-28)25-6-2-8-27(20-25)32-22-29-10-4-17-38-34(29)37-31(32)11-5-18-39-37/h2-22H,1H3. The molecule has 0 saturated carbocycles. The van der Waals surface area contributed by atoms with Crippen molar-refractivity contribution in [2.24, 2.45) is 0 Å². The summed E-state index contributed by atoms with van der Waals surface area (Å²) in [5.41, 5.74) is 11.5. The minimum atomic E-state index is 0.924. The molecule has 0 aliphatic carbocycles. The second-order valence-corrected chi connectivity index (χ2v) is 10.4. The van der Waals surface area contributed by atoms with Crippen molar-refractivity contribution in [3.63, 3.8) is 0 Å². The van der Waals surface area contributed by atoms with Crippen molar-refractivity contribution in [3.05, 3.63) is 133 Å². The van der Waals surface area contributed by atoms with Gasteiger partial charge in [0.1, 0.15) is 0 Å². The lowest BCUT2D eigenvalue weighted by Gasteiger charge is -2.12. The summed E-state index contributed by atoms with van der Waals surface area (Å²) in [7, 11) is 0.